The number of halogens is 2. The Morgan fingerprint density at radius 1 is 0.774 bits per heavy atom. The van der Waals surface area contributed by atoms with Crippen molar-refractivity contribution in [2.24, 2.45) is 0 Å². The number of fused-ring (bicyclic) bond motifs is 2. The lowest BCUT2D eigenvalue weighted by molar-refractivity contribution is -0.133. The van der Waals surface area contributed by atoms with E-state index in [-0.39, 0.29) is 51.2 Å². The molecule has 5 aliphatic rings. The molecule has 11 nitrogen and oxygen atoms in total. The van der Waals surface area contributed by atoms with E-state index in [0.717, 1.165) is 56.7 Å². The molecule has 3 unspecified atom stereocenters. The van der Waals surface area contributed by atoms with Gasteiger partial charge in [-0.25, -0.2) is 9.59 Å². The van der Waals surface area contributed by atoms with Gasteiger partial charge < -0.3 is 30.1 Å². The van der Waals surface area contributed by atoms with Gasteiger partial charge in [0.1, 0.15) is 0 Å². The van der Waals surface area contributed by atoms with E-state index in [1.54, 1.807) is 18.2 Å². The van der Waals surface area contributed by atoms with E-state index in [9.17, 15) is 24.6 Å². The highest BCUT2D eigenvalue weighted by Gasteiger charge is 2.43. The lowest BCUT2D eigenvalue weighted by Gasteiger charge is -2.45. The van der Waals surface area contributed by atoms with Crippen LogP contribution in [-0.4, -0.2) is 125 Å². The molecule has 1 amide bonds. The van der Waals surface area contributed by atoms with Gasteiger partial charge in [0.2, 0.25) is 5.91 Å². The number of morpholine rings is 1. The van der Waals surface area contributed by atoms with Crippen LogP contribution in [0.2, 0.25) is 10.0 Å². The number of carbonyl (C=O) groups is 3. The number of amides is 1. The molecule has 2 aromatic rings. The predicted molar refractivity (Wildman–Crippen MR) is 203 cm³/mol. The highest BCUT2D eigenvalue weighted by Crippen LogP contribution is 2.45. The molecule has 0 aliphatic carbocycles. The van der Waals surface area contributed by atoms with Crippen molar-refractivity contribution in [2.45, 2.75) is 75.5 Å². The summed E-state index contributed by atoms with van der Waals surface area (Å²) in [6.07, 6.45) is 5.36. The Bertz CT molecular complexity index is 1750. The van der Waals surface area contributed by atoms with Gasteiger partial charge in [0.15, 0.2) is 0 Å². The first-order chi connectivity index (χ1) is 25.6. The van der Waals surface area contributed by atoms with Crippen LogP contribution in [0.4, 0.5) is 0 Å². The summed E-state index contributed by atoms with van der Waals surface area (Å²) in [5, 5.41) is 25.0. The average molecular weight is 767 g/mol. The molecule has 2 aromatic carbocycles. The summed E-state index contributed by atoms with van der Waals surface area (Å²) in [5.41, 5.74) is 2.53. The Morgan fingerprint density at radius 2 is 1.38 bits per heavy atom. The van der Waals surface area contributed by atoms with Gasteiger partial charge in [-0.2, -0.15) is 0 Å². The van der Waals surface area contributed by atoms with Crippen LogP contribution in [0.3, 0.4) is 0 Å². The van der Waals surface area contributed by atoms with Crippen LogP contribution in [0.15, 0.2) is 65.0 Å². The molecule has 284 valence electrons. The van der Waals surface area contributed by atoms with Gasteiger partial charge in [-0.3, -0.25) is 14.6 Å². The average Bonchev–Trinajstić information content (AvgIpc) is 3.33. The molecule has 0 aromatic heterocycles. The lowest BCUT2D eigenvalue weighted by atomic mass is 9.78. The van der Waals surface area contributed by atoms with Gasteiger partial charge in [-0.15, -0.1) is 0 Å². The number of benzene rings is 2. The predicted octanol–water partition coefficient (Wildman–Crippen LogP) is 4.98. The number of aryl methyl sites for hydroxylation is 1. The molecule has 3 atom stereocenters. The zero-order valence-electron chi connectivity index (χ0n) is 30.2. The van der Waals surface area contributed by atoms with Gasteiger partial charge in [0.25, 0.3) is 0 Å². The molecular weight excluding hydrogens is 717 g/mol. The third-order valence-electron chi connectivity index (χ3n) is 12.1. The number of allylic oxidation sites excluding steroid dienone is 1. The highest BCUT2D eigenvalue weighted by molar-refractivity contribution is 6.36. The molecule has 4 fully saturated rings. The smallest absolute Gasteiger partial charge is 0.334 e. The summed E-state index contributed by atoms with van der Waals surface area (Å²) in [7, 11) is 2.24. The van der Waals surface area contributed by atoms with Crippen LogP contribution in [0.25, 0.3) is 0 Å². The minimum atomic E-state index is -1.34. The summed E-state index contributed by atoms with van der Waals surface area (Å²) >= 11 is 13.4. The van der Waals surface area contributed by atoms with E-state index in [1.807, 2.05) is 23.1 Å². The fourth-order valence-electron chi connectivity index (χ4n) is 9.22. The number of aliphatic carboxylic acids is 2. The largest absolute Gasteiger partial charge is 0.478 e. The molecule has 3 N–H and O–H groups in total. The number of ether oxygens (including phenoxy) is 1. The summed E-state index contributed by atoms with van der Waals surface area (Å²) in [5.74, 6) is -4.12. The molecular formula is C40H49Cl2N5O6. The summed E-state index contributed by atoms with van der Waals surface area (Å²) < 4.78 is 5.53. The summed E-state index contributed by atoms with van der Waals surface area (Å²) in [6.45, 7) is 6.42. The number of hydrogen-bond donors (Lipinski definition) is 3. The third-order valence-corrected chi connectivity index (χ3v) is 12.8. The Morgan fingerprint density at radius 3 is 2.00 bits per heavy atom. The number of piperazine rings is 1. The zero-order valence-corrected chi connectivity index (χ0v) is 31.7. The normalized spacial score (nSPS) is 25.8. The minimum absolute atomic E-state index is 0.139. The standard InChI is InChI=1S/C40H49Cl2N5O6/c1-44-27-10-11-28(44)22-29(21-27)46-13-15-47(16-14-46)34(48)23-33-37(40(51)52)38(35-30(41)7-4-8-31(35)42)36(39(49)50)32(43-33)12-9-25-5-2-3-6-26(25)24-45-17-19-53-20-18-45/h2-8,27-29,38,43H,9-24H2,1H3,(H,49,50)(H,51,52). The van der Waals surface area contributed by atoms with Crippen molar-refractivity contribution >= 4 is 41.0 Å². The number of carbonyl (C=O) groups excluding carboxylic acids is 1. The van der Waals surface area contributed by atoms with Crippen molar-refractivity contribution in [3.8, 4) is 0 Å². The maximum Gasteiger partial charge on any atom is 0.334 e. The van der Waals surface area contributed by atoms with Crippen molar-refractivity contribution < 1.29 is 29.3 Å². The number of rotatable bonds is 11. The Labute approximate surface area is 321 Å². The van der Waals surface area contributed by atoms with Crippen molar-refractivity contribution in [3.05, 3.63) is 91.7 Å². The maximum absolute atomic E-state index is 14.0. The van der Waals surface area contributed by atoms with Crippen LogP contribution in [0.5, 0.6) is 0 Å². The number of carboxylic acid groups (broad SMARTS) is 2. The van der Waals surface area contributed by atoms with Crippen LogP contribution >= 0.6 is 23.2 Å². The van der Waals surface area contributed by atoms with Crippen molar-refractivity contribution in [1.82, 2.24) is 24.9 Å². The Kier molecular flexibility index (Phi) is 11.8. The maximum atomic E-state index is 14.0. The summed E-state index contributed by atoms with van der Waals surface area (Å²) in [4.78, 5) is 49.6. The third kappa shape index (κ3) is 8.16. The topological polar surface area (TPSA) is 126 Å². The number of nitrogens with one attached hydrogen (secondary N) is 1. The van der Waals surface area contributed by atoms with E-state index < -0.39 is 17.9 Å². The van der Waals surface area contributed by atoms with Crippen LogP contribution < -0.4 is 5.32 Å². The molecule has 2 bridgehead atoms. The molecule has 0 spiro atoms. The monoisotopic (exact) mass is 765 g/mol. The number of hydrogen-bond acceptors (Lipinski definition) is 8. The second-order valence-electron chi connectivity index (χ2n) is 15.0. The zero-order chi connectivity index (χ0) is 37.2. The van der Waals surface area contributed by atoms with Crippen LogP contribution in [0, 0.1) is 0 Å². The fraction of sp³-hybridized carbons (Fsp3) is 0.525. The SMILES string of the molecule is CN1C2CCC1CC(N1CCN(C(=O)CC3=C(C(=O)O)C(c4c(Cl)cccc4Cl)C(C(=O)O)=C(CCc4ccccc4CN4CCOCC4)N3)CC1)C2. The molecule has 5 aliphatic heterocycles. The molecule has 0 saturated carbocycles. The Hall–Kier alpha value is -3.45. The molecule has 0 radical (unpaired) electrons. The summed E-state index contributed by atoms with van der Waals surface area (Å²) in [6, 6.07) is 14.7. The van der Waals surface area contributed by atoms with E-state index in [4.69, 9.17) is 27.9 Å². The highest BCUT2D eigenvalue weighted by atomic mass is 35.5. The van der Waals surface area contributed by atoms with Gasteiger partial charge in [-0.05, 0) is 68.8 Å². The number of dihydropyridines is 1. The van der Waals surface area contributed by atoms with Gasteiger partial charge >= 0.3 is 11.9 Å². The van der Waals surface area contributed by atoms with Crippen molar-refractivity contribution in [1.29, 1.82) is 0 Å². The number of piperidine rings is 1. The molecule has 13 heteroatoms. The number of nitrogens with zero attached hydrogens (tertiary/aromatic N) is 4. The van der Waals surface area contributed by atoms with E-state index in [2.05, 4.69) is 33.1 Å². The fourth-order valence-corrected chi connectivity index (χ4v) is 9.84. The van der Waals surface area contributed by atoms with E-state index in [0.29, 0.717) is 56.5 Å². The van der Waals surface area contributed by atoms with Crippen LogP contribution in [-0.2, 0) is 32.1 Å². The Balaban J connectivity index is 1.15. The van der Waals surface area contributed by atoms with E-state index >= 15 is 0 Å². The van der Waals surface area contributed by atoms with Crippen molar-refractivity contribution in [2.75, 3.05) is 59.5 Å². The number of carboxylic acids is 2. The first-order valence-electron chi connectivity index (χ1n) is 18.8. The molecule has 5 heterocycles. The van der Waals surface area contributed by atoms with Gasteiger partial charge in [0.05, 0.1) is 36.7 Å². The van der Waals surface area contributed by atoms with Gasteiger partial charge in [0, 0.05) is 90.9 Å². The van der Waals surface area contributed by atoms with E-state index in [1.165, 1.54) is 12.8 Å². The van der Waals surface area contributed by atoms with Crippen molar-refractivity contribution in [3.63, 3.8) is 0 Å². The van der Waals surface area contributed by atoms with Crippen LogP contribution in [0.1, 0.15) is 61.1 Å². The molecule has 53 heavy (non-hydrogen) atoms. The molecule has 7 rings (SSSR count). The first kappa shape index (κ1) is 37.8. The molecule has 4 saturated heterocycles. The second-order valence-corrected chi connectivity index (χ2v) is 15.8. The first-order valence-corrected chi connectivity index (χ1v) is 19.6. The van der Waals surface area contributed by atoms with Gasteiger partial charge in [-0.1, -0.05) is 53.5 Å². The quantitative estimate of drug-likeness (QED) is 0.289. The second kappa shape index (κ2) is 16.5. The minimum Gasteiger partial charge on any atom is -0.478 e. The lowest BCUT2D eigenvalue weighted by Crippen LogP contribution is -2.56.